The van der Waals surface area contributed by atoms with E-state index in [2.05, 4.69) is 18.7 Å². The van der Waals surface area contributed by atoms with Crippen molar-refractivity contribution in [3.8, 4) is 0 Å². The molecular weight excluding hydrogens is 236 g/mol. The average molecular weight is 268 g/mol. The summed E-state index contributed by atoms with van der Waals surface area (Å²) in [5.41, 5.74) is 0. The fraction of sp³-hybridized carbons (Fsp3) is 0.938. The van der Waals surface area contributed by atoms with Crippen LogP contribution < -0.4 is 0 Å². The highest BCUT2D eigenvalue weighted by Crippen LogP contribution is 2.29. The van der Waals surface area contributed by atoms with Crippen molar-refractivity contribution < 1.29 is 4.79 Å². The van der Waals surface area contributed by atoms with E-state index in [4.69, 9.17) is 0 Å². The third-order valence-corrected chi connectivity index (χ3v) is 4.60. The van der Waals surface area contributed by atoms with Gasteiger partial charge in [0.05, 0.1) is 6.04 Å². The van der Waals surface area contributed by atoms with Crippen LogP contribution in [0.15, 0.2) is 0 Å². The molecule has 0 aliphatic carbocycles. The van der Waals surface area contributed by atoms with Gasteiger partial charge in [0.25, 0.3) is 0 Å². The number of hydrogen-bond donors (Lipinski definition) is 0. The minimum Gasteiger partial charge on any atom is -0.347 e. The van der Waals surface area contributed by atoms with Gasteiger partial charge in [-0.2, -0.15) is 0 Å². The normalized spacial score (nSPS) is 19.8. The summed E-state index contributed by atoms with van der Waals surface area (Å²) in [5, 5.41) is 0. The zero-order valence-electron chi connectivity index (χ0n) is 13.5. The molecule has 1 rings (SSSR count). The van der Waals surface area contributed by atoms with Gasteiger partial charge in [0, 0.05) is 27.2 Å². The molecule has 0 radical (unpaired) electrons. The lowest BCUT2D eigenvalue weighted by molar-refractivity contribution is -0.137. The first-order chi connectivity index (χ1) is 8.97. The second kappa shape index (κ2) is 7.88. The van der Waals surface area contributed by atoms with Crippen molar-refractivity contribution in [2.75, 3.05) is 27.2 Å². The molecule has 1 aliphatic rings. The molecule has 0 aromatic carbocycles. The molecule has 0 bridgehead atoms. The van der Waals surface area contributed by atoms with E-state index in [9.17, 15) is 4.79 Å². The Kier molecular flexibility index (Phi) is 6.84. The van der Waals surface area contributed by atoms with Crippen molar-refractivity contribution in [3.63, 3.8) is 0 Å². The molecule has 0 saturated carbocycles. The molecule has 0 N–H and O–H groups in total. The van der Waals surface area contributed by atoms with E-state index in [0.717, 1.165) is 24.9 Å². The summed E-state index contributed by atoms with van der Waals surface area (Å²) < 4.78 is 0. The zero-order chi connectivity index (χ0) is 14.4. The van der Waals surface area contributed by atoms with Gasteiger partial charge in [-0.25, -0.2) is 0 Å². The molecule has 2 atom stereocenters. The first-order valence-electron chi connectivity index (χ1n) is 7.92. The molecular formula is C16H32N2O. The minimum atomic E-state index is 0.0542. The van der Waals surface area contributed by atoms with Gasteiger partial charge in [-0.3, -0.25) is 9.69 Å². The van der Waals surface area contributed by atoms with Crippen molar-refractivity contribution in [1.82, 2.24) is 9.80 Å². The molecule has 1 amide bonds. The lowest BCUT2D eigenvalue weighted by Gasteiger charge is -2.45. The number of unbranched alkanes of at least 4 members (excludes halogenated alkanes) is 3. The molecule has 3 nitrogen and oxygen atoms in total. The molecule has 1 aliphatic heterocycles. The molecule has 1 saturated heterocycles. The van der Waals surface area contributed by atoms with Crippen LogP contribution in [0, 0.1) is 11.8 Å². The van der Waals surface area contributed by atoms with Crippen LogP contribution in [0.1, 0.15) is 52.9 Å². The van der Waals surface area contributed by atoms with Crippen LogP contribution in [-0.2, 0) is 4.79 Å². The van der Waals surface area contributed by atoms with Crippen LogP contribution in [0.2, 0.25) is 0 Å². The summed E-state index contributed by atoms with van der Waals surface area (Å²) in [6.45, 7) is 8.89. The topological polar surface area (TPSA) is 23.6 Å². The van der Waals surface area contributed by atoms with E-state index in [1.54, 1.807) is 4.90 Å². The minimum absolute atomic E-state index is 0.0542. The van der Waals surface area contributed by atoms with Crippen molar-refractivity contribution >= 4 is 5.91 Å². The number of rotatable bonds is 8. The summed E-state index contributed by atoms with van der Waals surface area (Å²) in [6.07, 6.45) is 6.80. The van der Waals surface area contributed by atoms with Crippen LogP contribution in [0.25, 0.3) is 0 Å². The van der Waals surface area contributed by atoms with Crippen LogP contribution >= 0.6 is 0 Å². The Balaban J connectivity index is 2.20. The van der Waals surface area contributed by atoms with Crippen LogP contribution in [0.4, 0.5) is 0 Å². The predicted octanol–water partition coefficient (Wildman–Crippen LogP) is 3.00. The largest absolute Gasteiger partial charge is 0.347 e. The highest BCUT2D eigenvalue weighted by Gasteiger charge is 2.36. The maximum atomic E-state index is 11.9. The number of likely N-dealkylation sites (N-methyl/N-ethyl adjacent to an activating group) is 1. The lowest BCUT2D eigenvalue weighted by Crippen LogP contribution is -2.57. The van der Waals surface area contributed by atoms with E-state index in [-0.39, 0.29) is 11.9 Å². The second-order valence-electron chi connectivity index (χ2n) is 6.45. The van der Waals surface area contributed by atoms with E-state index in [1.165, 1.54) is 32.1 Å². The molecule has 0 spiro atoms. The summed E-state index contributed by atoms with van der Waals surface area (Å²) in [4.78, 5) is 15.9. The van der Waals surface area contributed by atoms with Crippen molar-refractivity contribution in [2.24, 2.45) is 11.8 Å². The molecule has 1 fully saturated rings. The number of carbonyl (C=O) groups is 1. The first kappa shape index (κ1) is 16.5. The molecule has 3 heteroatoms. The molecule has 0 aromatic heterocycles. The zero-order valence-corrected chi connectivity index (χ0v) is 13.5. The van der Waals surface area contributed by atoms with Gasteiger partial charge in [-0.15, -0.1) is 0 Å². The summed E-state index contributed by atoms with van der Waals surface area (Å²) in [6, 6.07) is 0.0542. The van der Waals surface area contributed by atoms with Crippen LogP contribution in [0.5, 0.6) is 0 Å². The van der Waals surface area contributed by atoms with Gasteiger partial charge in [0.15, 0.2) is 0 Å². The second-order valence-corrected chi connectivity index (χ2v) is 6.45. The third-order valence-electron chi connectivity index (χ3n) is 4.60. The van der Waals surface area contributed by atoms with Gasteiger partial charge in [-0.1, -0.05) is 46.0 Å². The van der Waals surface area contributed by atoms with Gasteiger partial charge in [-0.05, 0) is 18.8 Å². The summed E-state index contributed by atoms with van der Waals surface area (Å²) >= 11 is 0. The molecule has 19 heavy (non-hydrogen) atoms. The SMILES string of the molecule is CCCCCCC(C)C1CN([C@@H](C)C(=O)N(C)C)C1. The maximum Gasteiger partial charge on any atom is 0.239 e. The van der Waals surface area contributed by atoms with Gasteiger partial charge in [0.1, 0.15) is 0 Å². The van der Waals surface area contributed by atoms with Gasteiger partial charge >= 0.3 is 0 Å². The Labute approximate surface area is 119 Å². The standard InChI is InChI=1S/C16H32N2O/c1-6-7-8-9-10-13(2)15-11-18(12-15)14(3)16(19)17(4)5/h13-15H,6-12H2,1-5H3/t13?,14-/m0/s1. The lowest BCUT2D eigenvalue weighted by atomic mass is 9.83. The van der Waals surface area contributed by atoms with Gasteiger partial charge in [0.2, 0.25) is 5.91 Å². The molecule has 112 valence electrons. The number of amides is 1. The fourth-order valence-electron chi connectivity index (χ4n) is 2.88. The molecule has 0 aromatic rings. The molecule has 1 unspecified atom stereocenters. The Morgan fingerprint density at radius 3 is 2.37 bits per heavy atom. The predicted molar refractivity (Wildman–Crippen MR) is 81.1 cm³/mol. The van der Waals surface area contributed by atoms with Crippen molar-refractivity contribution in [2.45, 2.75) is 58.9 Å². The quantitative estimate of drug-likeness (QED) is 0.632. The first-order valence-corrected chi connectivity index (χ1v) is 7.92. The van der Waals surface area contributed by atoms with Crippen molar-refractivity contribution in [3.05, 3.63) is 0 Å². The third kappa shape index (κ3) is 4.79. The van der Waals surface area contributed by atoms with E-state index in [1.807, 2.05) is 21.0 Å². The van der Waals surface area contributed by atoms with Crippen LogP contribution in [0.3, 0.4) is 0 Å². The molecule has 1 heterocycles. The van der Waals surface area contributed by atoms with Gasteiger partial charge < -0.3 is 4.90 Å². The monoisotopic (exact) mass is 268 g/mol. The number of hydrogen-bond acceptors (Lipinski definition) is 2. The number of likely N-dealkylation sites (tertiary alicyclic amines) is 1. The van der Waals surface area contributed by atoms with E-state index >= 15 is 0 Å². The Morgan fingerprint density at radius 1 is 1.21 bits per heavy atom. The Hall–Kier alpha value is -0.570. The highest BCUT2D eigenvalue weighted by molar-refractivity contribution is 5.81. The van der Waals surface area contributed by atoms with Crippen LogP contribution in [-0.4, -0.2) is 48.9 Å². The summed E-state index contributed by atoms with van der Waals surface area (Å²) in [7, 11) is 3.68. The fourth-order valence-corrected chi connectivity index (χ4v) is 2.88. The highest BCUT2D eigenvalue weighted by atomic mass is 16.2. The van der Waals surface area contributed by atoms with E-state index in [0.29, 0.717) is 0 Å². The number of nitrogens with zero attached hydrogens (tertiary/aromatic N) is 2. The smallest absolute Gasteiger partial charge is 0.239 e. The maximum absolute atomic E-state index is 11.9. The van der Waals surface area contributed by atoms with E-state index < -0.39 is 0 Å². The van der Waals surface area contributed by atoms with Crippen molar-refractivity contribution in [1.29, 1.82) is 0 Å². The summed E-state index contributed by atoms with van der Waals surface area (Å²) in [5.74, 6) is 1.85. The average Bonchev–Trinajstić information content (AvgIpc) is 2.31. The Bertz CT molecular complexity index is 272. The Morgan fingerprint density at radius 2 is 1.84 bits per heavy atom. The number of carbonyl (C=O) groups excluding carboxylic acids is 1.